The molecule has 0 aliphatic heterocycles. The normalized spacial score (nSPS) is 35.1. The van der Waals surface area contributed by atoms with Gasteiger partial charge in [0.05, 0.1) is 0 Å². The molecule has 208 valence electrons. The summed E-state index contributed by atoms with van der Waals surface area (Å²) in [5.74, 6) is 4.80. The number of hydrogen-bond acceptors (Lipinski definition) is 1. The van der Waals surface area contributed by atoms with Crippen LogP contribution in [0.2, 0.25) is 0 Å². The van der Waals surface area contributed by atoms with Crippen LogP contribution in [0.4, 0.5) is 0 Å². The van der Waals surface area contributed by atoms with Crippen molar-refractivity contribution < 1.29 is 0 Å². The second-order valence-electron chi connectivity index (χ2n) is 11.7. The van der Waals surface area contributed by atoms with E-state index in [1.54, 1.807) is 0 Å². The smallest absolute Gasteiger partial charge is 0.0116 e. The van der Waals surface area contributed by atoms with Crippen LogP contribution < -0.4 is 5.73 Å². The Morgan fingerprint density at radius 2 is 1.57 bits per heavy atom. The topological polar surface area (TPSA) is 26.0 Å². The largest absolute Gasteiger partial charge is 0.402 e. The van der Waals surface area contributed by atoms with Gasteiger partial charge in [-0.05, 0) is 90.9 Å². The minimum absolute atomic E-state index is 0.318. The lowest BCUT2D eigenvalue weighted by Gasteiger charge is -2.63. The lowest BCUT2D eigenvalue weighted by molar-refractivity contribution is -0.117. The third kappa shape index (κ3) is 8.26. The molecule has 2 saturated carbocycles. The highest BCUT2D eigenvalue weighted by Crippen LogP contribution is 2.66. The molecule has 3 aliphatic rings. The molecule has 0 bridgehead atoms. The average molecular weight is 490 g/mol. The van der Waals surface area contributed by atoms with Gasteiger partial charge in [-0.3, -0.25) is 0 Å². The van der Waals surface area contributed by atoms with Crippen LogP contribution in [0.3, 0.4) is 0 Å². The molecule has 0 spiro atoms. The second kappa shape index (κ2) is 16.7. The molecule has 2 N–H and O–H groups in total. The van der Waals surface area contributed by atoms with Crippen LogP contribution in [-0.4, -0.2) is 0 Å². The highest BCUT2D eigenvalue weighted by atomic mass is 14.7. The van der Waals surface area contributed by atoms with Crippen molar-refractivity contribution in [2.45, 2.75) is 135 Å². The van der Waals surface area contributed by atoms with Gasteiger partial charge in [0, 0.05) is 5.70 Å². The van der Waals surface area contributed by atoms with Gasteiger partial charge in [-0.25, -0.2) is 0 Å². The summed E-state index contributed by atoms with van der Waals surface area (Å²) in [6.45, 7) is 39.2. The summed E-state index contributed by atoms with van der Waals surface area (Å²) in [7, 11) is 0. The molecule has 0 heterocycles. The third-order valence-corrected chi connectivity index (χ3v) is 8.93. The zero-order valence-electron chi connectivity index (χ0n) is 26.8. The van der Waals surface area contributed by atoms with Crippen LogP contribution in [0.1, 0.15) is 135 Å². The summed E-state index contributed by atoms with van der Waals surface area (Å²) in [4.78, 5) is 0. The summed E-state index contributed by atoms with van der Waals surface area (Å²) in [5.41, 5.74) is 11.0. The van der Waals surface area contributed by atoms with Gasteiger partial charge < -0.3 is 5.73 Å². The first-order chi connectivity index (χ1) is 16.4. The first kappa shape index (κ1) is 36.2. The maximum absolute atomic E-state index is 6.40. The Labute approximate surface area is 223 Å². The van der Waals surface area contributed by atoms with Crippen LogP contribution in [0.15, 0.2) is 36.1 Å². The van der Waals surface area contributed by atoms with Crippen LogP contribution in [0.5, 0.6) is 0 Å². The molecule has 0 aromatic rings. The minimum atomic E-state index is 0.318. The molecule has 7 unspecified atom stereocenters. The number of allylic oxidation sites excluding steroid dienone is 4. The Morgan fingerprint density at radius 3 is 1.97 bits per heavy atom. The summed E-state index contributed by atoms with van der Waals surface area (Å²) in [5, 5.41) is 0. The molecular weight excluding hydrogens is 422 g/mol. The number of nitrogens with two attached hydrogens (primary N) is 1. The van der Waals surface area contributed by atoms with Crippen LogP contribution in [0.25, 0.3) is 0 Å². The van der Waals surface area contributed by atoms with Gasteiger partial charge in [-0.15, -0.1) is 0 Å². The molecule has 3 aliphatic carbocycles. The van der Waals surface area contributed by atoms with E-state index < -0.39 is 0 Å². The quantitative estimate of drug-likeness (QED) is 0.392. The second-order valence-corrected chi connectivity index (χ2v) is 11.7. The maximum Gasteiger partial charge on any atom is 0.0116 e. The number of rotatable bonds is 3. The van der Waals surface area contributed by atoms with Gasteiger partial charge in [0.25, 0.3) is 0 Å². The molecule has 0 radical (unpaired) electrons. The number of hydrogen-bond donors (Lipinski definition) is 1. The zero-order valence-corrected chi connectivity index (χ0v) is 26.8. The highest BCUT2D eigenvalue weighted by molar-refractivity contribution is 5.29. The van der Waals surface area contributed by atoms with Crippen molar-refractivity contribution in [3.8, 4) is 0 Å². The van der Waals surface area contributed by atoms with E-state index in [1.165, 1.54) is 36.8 Å². The lowest BCUT2D eigenvalue weighted by Crippen LogP contribution is -2.56. The Bertz CT molecular complexity index is 638. The Kier molecular flexibility index (Phi) is 17.3. The fourth-order valence-electron chi connectivity index (χ4n) is 7.25. The van der Waals surface area contributed by atoms with E-state index in [9.17, 15) is 0 Å². The van der Waals surface area contributed by atoms with Gasteiger partial charge >= 0.3 is 0 Å². The Hall–Kier alpha value is -0.980. The lowest BCUT2D eigenvalue weighted by atomic mass is 9.42. The highest BCUT2D eigenvalue weighted by Gasteiger charge is 2.58. The van der Waals surface area contributed by atoms with Gasteiger partial charge in [-0.1, -0.05) is 121 Å². The van der Waals surface area contributed by atoms with Gasteiger partial charge in [0.1, 0.15) is 0 Å². The molecule has 7 atom stereocenters. The summed E-state index contributed by atoms with van der Waals surface area (Å²) in [6, 6.07) is 0. The van der Waals surface area contributed by atoms with E-state index >= 15 is 0 Å². The molecule has 35 heavy (non-hydrogen) atoms. The van der Waals surface area contributed by atoms with Gasteiger partial charge in [0.2, 0.25) is 0 Å². The van der Waals surface area contributed by atoms with E-state index in [0.29, 0.717) is 10.8 Å². The molecule has 1 heteroatoms. The van der Waals surface area contributed by atoms with E-state index in [0.717, 1.165) is 54.0 Å². The first-order valence-electron chi connectivity index (χ1n) is 15.2. The molecular formula is C34H67N. The Morgan fingerprint density at radius 1 is 1.09 bits per heavy atom. The SMILES string of the molecule is C=CC1=C(N)CC2CC(C)C3C(CC)C(C)(C(=C)C)CCC3C2(C)C1.CC.CC.CC.CC(C)C. The van der Waals surface area contributed by atoms with Crippen molar-refractivity contribution in [1.82, 2.24) is 0 Å². The molecule has 0 saturated heterocycles. The molecule has 2 fully saturated rings. The van der Waals surface area contributed by atoms with E-state index in [-0.39, 0.29) is 0 Å². The van der Waals surface area contributed by atoms with Gasteiger partial charge in [-0.2, -0.15) is 0 Å². The average Bonchev–Trinajstić information content (AvgIpc) is 2.83. The van der Waals surface area contributed by atoms with Crippen molar-refractivity contribution in [3.63, 3.8) is 0 Å². The predicted molar refractivity (Wildman–Crippen MR) is 163 cm³/mol. The maximum atomic E-state index is 6.40. The third-order valence-electron chi connectivity index (χ3n) is 8.93. The van der Waals surface area contributed by atoms with Crippen molar-refractivity contribution in [2.24, 2.45) is 52.1 Å². The summed E-state index contributed by atoms with van der Waals surface area (Å²) in [6.07, 6.45) is 9.53. The molecule has 3 rings (SSSR count). The van der Waals surface area contributed by atoms with Crippen molar-refractivity contribution in [2.75, 3.05) is 0 Å². The molecule has 0 aromatic carbocycles. The molecule has 0 amide bonds. The molecule has 1 nitrogen and oxygen atoms in total. The van der Waals surface area contributed by atoms with E-state index in [1.807, 2.05) is 47.6 Å². The van der Waals surface area contributed by atoms with E-state index in [2.05, 4.69) is 68.5 Å². The van der Waals surface area contributed by atoms with Crippen LogP contribution in [0, 0.1) is 46.3 Å². The van der Waals surface area contributed by atoms with Crippen LogP contribution in [-0.2, 0) is 0 Å². The monoisotopic (exact) mass is 490 g/mol. The predicted octanol–water partition coefficient (Wildman–Crippen LogP) is 11.2. The zero-order chi connectivity index (χ0) is 28.1. The van der Waals surface area contributed by atoms with Gasteiger partial charge in [0.15, 0.2) is 0 Å². The summed E-state index contributed by atoms with van der Waals surface area (Å²) >= 11 is 0. The number of fused-ring (bicyclic) bond motifs is 3. The summed E-state index contributed by atoms with van der Waals surface area (Å²) < 4.78 is 0. The van der Waals surface area contributed by atoms with Crippen molar-refractivity contribution in [3.05, 3.63) is 36.1 Å². The first-order valence-corrected chi connectivity index (χ1v) is 15.2. The fourth-order valence-corrected chi connectivity index (χ4v) is 7.25. The fraction of sp³-hybridized carbons (Fsp3) is 0.824. The minimum Gasteiger partial charge on any atom is -0.402 e. The van der Waals surface area contributed by atoms with Crippen LogP contribution >= 0.6 is 0 Å². The van der Waals surface area contributed by atoms with Crippen molar-refractivity contribution in [1.29, 1.82) is 0 Å². The standard InChI is InChI=1S/C24H39N.C4H10.3C2H6/c1-8-17-14-24(7)18(13-21(17)25)12-16(5)22-19(9-2)23(6,15(3)4)11-10-20(22)24;1-4(2)3;3*1-2/h8,16,18-20,22H,1,3,9-14,25H2,2,4-7H3;4H,1-3H3;3*1-2H3. The molecule has 0 aromatic heterocycles. The Balaban J connectivity index is 0. The van der Waals surface area contributed by atoms with Crippen molar-refractivity contribution >= 4 is 0 Å². The van der Waals surface area contributed by atoms with E-state index in [4.69, 9.17) is 5.73 Å².